The van der Waals surface area contributed by atoms with Crippen molar-refractivity contribution in [2.75, 3.05) is 13.7 Å². The number of methoxy groups -OCH3 is 1. The van der Waals surface area contributed by atoms with E-state index in [1.54, 1.807) is 4.72 Å². The molecule has 94 valence electrons. The number of amides is 1. The maximum Gasteiger partial charge on any atom is 0.421 e. The first kappa shape index (κ1) is 13.2. The van der Waals surface area contributed by atoms with Crippen molar-refractivity contribution < 1.29 is 17.9 Å². The van der Waals surface area contributed by atoms with Crippen LogP contribution < -0.4 is 15.2 Å². The second-order valence-electron chi connectivity index (χ2n) is 3.75. The van der Waals surface area contributed by atoms with Crippen molar-refractivity contribution in [2.24, 2.45) is 11.7 Å². The van der Waals surface area contributed by atoms with E-state index in [1.165, 1.54) is 0 Å². The first-order valence-corrected chi connectivity index (χ1v) is 6.55. The molecule has 0 saturated heterocycles. The highest BCUT2D eigenvalue weighted by Crippen LogP contribution is 2.24. The molecule has 0 aliphatic heterocycles. The molecule has 1 fully saturated rings. The predicted octanol–water partition coefficient (Wildman–Crippen LogP) is -0.696. The average molecular weight is 251 g/mol. The molecular formula is C8H17N3O4S. The molecule has 16 heavy (non-hydrogen) atoms. The molecule has 0 bridgehead atoms. The Labute approximate surface area is 94.9 Å². The van der Waals surface area contributed by atoms with E-state index in [4.69, 9.17) is 5.73 Å². The molecule has 1 rings (SSSR count). The van der Waals surface area contributed by atoms with Gasteiger partial charge in [0.25, 0.3) is 0 Å². The van der Waals surface area contributed by atoms with Gasteiger partial charge in [-0.05, 0) is 25.3 Å². The number of carbonyl (C=O) groups is 1. The van der Waals surface area contributed by atoms with Gasteiger partial charge in [0.1, 0.15) is 0 Å². The van der Waals surface area contributed by atoms with Crippen LogP contribution in [0.1, 0.15) is 19.3 Å². The molecule has 2 atom stereocenters. The minimum absolute atomic E-state index is 0.134. The normalized spacial score (nSPS) is 25.4. The third-order valence-electron chi connectivity index (χ3n) is 2.67. The molecule has 0 aromatic rings. The van der Waals surface area contributed by atoms with Gasteiger partial charge in [0, 0.05) is 6.04 Å². The Morgan fingerprint density at radius 3 is 2.75 bits per heavy atom. The van der Waals surface area contributed by atoms with Crippen molar-refractivity contribution >= 4 is 16.3 Å². The van der Waals surface area contributed by atoms with Crippen LogP contribution in [0.25, 0.3) is 0 Å². The van der Waals surface area contributed by atoms with E-state index in [9.17, 15) is 13.2 Å². The van der Waals surface area contributed by atoms with Crippen LogP contribution in [0.5, 0.6) is 0 Å². The lowest BCUT2D eigenvalue weighted by Crippen LogP contribution is -2.47. The van der Waals surface area contributed by atoms with Crippen LogP contribution in [-0.4, -0.2) is 34.2 Å². The monoisotopic (exact) mass is 251 g/mol. The maximum atomic E-state index is 11.5. The second kappa shape index (κ2) is 5.46. The van der Waals surface area contributed by atoms with Crippen LogP contribution in [-0.2, 0) is 14.9 Å². The number of hydrogen-bond donors (Lipinski definition) is 3. The number of nitrogens with one attached hydrogen (secondary N) is 2. The quantitative estimate of drug-likeness (QED) is 0.612. The van der Waals surface area contributed by atoms with Gasteiger partial charge in [-0.15, -0.1) is 0 Å². The minimum atomic E-state index is -3.85. The molecule has 0 aromatic carbocycles. The van der Waals surface area contributed by atoms with Crippen molar-refractivity contribution in [1.82, 2.24) is 9.44 Å². The third-order valence-corrected chi connectivity index (χ3v) is 3.72. The number of rotatable bonds is 4. The second-order valence-corrected chi connectivity index (χ2v) is 5.19. The molecule has 8 heteroatoms. The van der Waals surface area contributed by atoms with E-state index >= 15 is 0 Å². The van der Waals surface area contributed by atoms with Gasteiger partial charge in [-0.3, -0.25) is 0 Å². The van der Waals surface area contributed by atoms with Gasteiger partial charge in [-0.2, -0.15) is 13.1 Å². The van der Waals surface area contributed by atoms with Crippen molar-refractivity contribution in [2.45, 2.75) is 25.3 Å². The highest BCUT2D eigenvalue weighted by atomic mass is 32.2. The summed E-state index contributed by atoms with van der Waals surface area (Å²) in [5.41, 5.74) is 5.52. The molecule has 4 N–H and O–H groups in total. The van der Waals surface area contributed by atoms with E-state index in [2.05, 4.69) is 9.46 Å². The van der Waals surface area contributed by atoms with Gasteiger partial charge < -0.3 is 10.5 Å². The summed E-state index contributed by atoms with van der Waals surface area (Å²) in [5.74, 6) is 0.134. The lowest BCUT2D eigenvalue weighted by molar-refractivity contribution is 0.177. The summed E-state index contributed by atoms with van der Waals surface area (Å²) in [7, 11) is -2.75. The van der Waals surface area contributed by atoms with E-state index in [0.29, 0.717) is 6.54 Å². The van der Waals surface area contributed by atoms with Crippen molar-refractivity contribution in [3.05, 3.63) is 0 Å². The summed E-state index contributed by atoms with van der Waals surface area (Å²) >= 11 is 0. The molecule has 2 unspecified atom stereocenters. The molecule has 0 radical (unpaired) electrons. The van der Waals surface area contributed by atoms with Crippen LogP contribution in [0.4, 0.5) is 4.79 Å². The summed E-state index contributed by atoms with van der Waals surface area (Å²) in [5, 5.41) is 0. The largest absolute Gasteiger partial charge is 0.452 e. The highest BCUT2D eigenvalue weighted by molar-refractivity contribution is 7.88. The maximum absolute atomic E-state index is 11.5. The van der Waals surface area contributed by atoms with Gasteiger partial charge in [-0.25, -0.2) is 9.52 Å². The molecule has 0 spiro atoms. The highest BCUT2D eigenvalue weighted by Gasteiger charge is 2.30. The van der Waals surface area contributed by atoms with Crippen molar-refractivity contribution in [3.63, 3.8) is 0 Å². The molecule has 1 aliphatic rings. The minimum Gasteiger partial charge on any atom is -0.452 e. The van der Waals surface area contributed by atoms with E-state index < -0.39 is 16.3 Å². The fraction of sp³-hybridized carbons (Fsp3) is 0.875. The Kier molecular flexibility index (Phi) is 4.51. The number of carbonyl (C=O) groups excluding carboxylic acids is 1. The van der Waals surface area contributed by atoms with Crippen LogP contribution in [0.15, 0.2) is 0 Å². The summed E-state index contributed by atoms with van der Waals surface area (Å²) < 4.78 is 31.3. The van der Waals surface area contributed by atoms with Crippen LogP contribution in [0, 0.1) is 5.92 Å². The standard InChI is InChI=1S/C8H17N3O4S/c1-15-8(12)11-16(13,14)10-7-4-2-3-6(7)5-9/h6-7,10H,2-5,9H2,1H3,(H,11,12). The summed E-state index contributed by atoms with van der Waals surface area (Å²) in [6.07, 6.45) is 1.58. The first-order valence-electron chi connectivity index (χ1n) is 5.06. The lowest BCUT2D eigenvalue weighted by Gasteiger charge is -2.19. The van der Waals surface area contributed by atoms with Gasteiger partial charge >= 0.3 is 16.3 Å². The van der Waals surface area contributed by atoms with Gasteiger partial charge in [-0.1, -0.05) is 6.42 Å². The summed E-state index contributed by atoms with van der Waals surface area (Å²) in [6, 6.07) is -0.202. The smallest absolute Gasteiger partial charge is 0.421 e. The third kappa shape index (κ3) is 3.62. The molecule has 1 amide bonds. The summed E-state index contributed by atoms with van der Waals surface area (Å²) in [4.78, 5) is 10.8. The lowest BCUT2D eigenvalue weighted by atomic mass is 10.1. The zero-order valence-corrected chi connectivity index (χ0v) is 9.92. The zero-order valence-electron chi connectivity index (χ0n) is 9.10. The van der Waals surface area contributed by atoms with Crippen molar-refractivity contribution in [3.8, 4) is 0 Å². The Morgan fingerprint density at radius 2 is 2.19 bits per heavy atom. The molecular weight excluding hydrogens is 234 g/mol. The van der Waals surface area contributed by atoms with Crippen LogP contribution >= 0.6 is 0 Å². The van der Waals surface area contributed by atoms with E-state index in [0.717, 1.165) is 26.4 Å². The summed E-state index contributed by atoms with van der Waals surface area (Å²) in [6.45, 7) is 0.436. The topological polar surface area (TPSA) is 111 Å². The molecule has 1 saturated carbocycles. The number of ether oxygens (including phenoxy) is 1. The molecule has 0 heterocycles. The molecule has 1 aliphatic carbocycles. The number of hydrogen-bond acceptors (Lipinski definition) is 5. The van der Waals surface area contributed by atoms with E-state index in [1.807, 2.05) is 0 Å². The molecule has 7 nitrogen and oxygen atoms in total. The van der Waals surface area contributed by atoms with Crippen LogP contribution in [0.3, 0.4) is 0 Å². The van der Waals surface area contributed by atoms with Crippen molar-refractivity contribution in [1.29, 1.82) is 0 Å². The Balaban J connectivity index is 2.55. The Hall–Kier alpha value is -0.860. The predicted molar refractivity (Wildman–Crippen MR) is 57.8 cm³/mol. The fourth-order valence-electron chi connectivity index (χ4n) is 1.85. The Morgan fingerprint density at radius 1 is 1.50 bits per heavy atom. The fourth-order valence-corrected chi connectivity index (χ4v) is 2.92. The van der Waals surface area contributed by atoms with Gasteiger partial charge in [0.05, 0.1) is 7.11 Å². The van der Waals surface area contributed by atoms with Gasteiger partial charge in [0.15, 0.2) is 0 Å². The zero-order chi connectivity index (χ0) is 12.2. The average Bonchev–Trinajstić information content (AvgIpc) is 2.63. The SMILES string of the molecule is COC(=O)NS(=O)(=O)NC1CCCC1CN. The van der Waals surface area contributed by atoms with E-state index in [-0.39, 0.29) is 12.0 Å². The van der Waals surface area contributed by atoms with Gasteiger partial charge in [0.2, 0.25) is 0 Å². The molecule has 0 aromatic heterocycles. The number of nitrogens with two attached hydrogens (primary N) is 1. The first-order chi connectivity index (χ1) is 7.48. The van der Waals surface area contributed by atoms with Crippen LogP contribution in [0.2, 0.25) is 0 Å². The Bertz CT molecular complexity index is 343.